The molecule has 0 heterocycles. The van der Waals surface area contributed by atoms with Crippen LogP contribution in [0.4, 0.5) is 0 Å². The van der Waals surface area contributed by atoms with Crippen LogP contribution in [0.3, 0.4) is 0 Å². The lowest BCUT2D eigenvalue weighted by molar-refractivity contribution is 0.115. The van der Waals surface area contributed by atoms with Gasteiger partial charge in [-0.2, -0.15) is 0 Å². The summed E-state index contributed by atoms with van der Waals surface area (Å²) in [6, 6.07) is 0. The minimum absolute atomic E-state index is 0.312. The smallest absolute Gasteiger partial charge is 0.192 e. The summed E-state index contributed by atoms with van der Waals surface area (Å²) in [4.78, 5) is 0. The molecular weight excluding hydrogens is 276 g/mol. The molecule has 3 heteroatoms. The van der Waals surface area contributed by atoms with E-state index in [-0.39, 0.29) is 0 Å². The molecule has 1 aliphatic carbocycles. The lowest BCUT2D eigenvalue weighted by atomic mass is 9.84. The number of hydrogen-bond donors (Lipinski definition) is 0. The van der Waals surface area contributed by atoms with Crippen molar-refractivity contribution in [1.29, 1.82) is 0 Å². The standard InChI is InChI=1S/C17H36OSi2/c1-14-15(13-19(5,6)7)11-10-12-16(14)18-20(8,9)17(2,3)4/h13-14,16H,10-12H2,1-9H3/t14-,16-/m0/s1. The topological polar surface area (TPSA) is 9.23 Å². The lowest BCUT2D eigenvalue weighted by Gasteiger charge is -2.43. The van der Waals surface area contributed by atoms with Crippen molar-refractivity contribution in [2.24, 2.45) is 5.92 Å². The van der Waals surface area contributed by atoms with Gasteiger partial charge in [0.1, 0.15) is 0 Å². The zero-order chi connectivity index (χ0) is 15.8. The molecule has 1 fully saturated rings. The van der Waals surface area contributed by atoms with E-state index < -0.39 is 16.4 Å². The highest BCUT2D eigenvalue weighted by Crippen LogP contribution is 2.41. The van der Waals surface area contributed by atoms with Gasteiger partial charge < -0.3 is 4.43 Å². The fraction of sp³-hybridized carbons (Fsp3) is 0.882. The zero-order valence-electron chi connectivity index (χ0n) is 15.3. The van der Waals surface area contributed by atoms with E-state index in [1.54, 1.807) is 5.57 Å². The van der Waals surface area contributed by atoms with Gasteiger partial charge in [0.2, 0.25) is 0 Å². The van der Waals surface area contributed by atoms with Crippen molar-refractivity contribution >= 4 is 16.4 Å². The monoisotopic (exact) mass is 312 g/mol. The Morgan fingerprint density at radius 1 is 1.10 bits per heavy atom. The second-order valence-corrected chi connectivity index (χ2v) is 19.0. The molecule has 0 aromatic heterocycles. The molecule has 0 unspecified atom stereocenters. The first-order valence-electron chi connectivity index (χ1n) is 8.23. The van der Waals surface area contributed by atoms with Crippen LogP contribution in [0.25, 0.3) is 0 Å². The molecule has 2 atom stereocenters. The molecule has 0 N–H and O–H groups in total. The SMILES string of the molecule is C[C@H]1C(=C[Si](C)(C)C)CCC[C@@H]1O[Si](C)(C)C(C)(C)C. The van der Waals surface area contributed by atoms with Gasteiger partial charge in [0, 0.05) is 5.92 Å². The van der Waals surface area contributed by atoms with Gasteiger partial charge >= 0.3 is 0 Å². The molecule has 118 valence electrons. The molecule has 0 aromatic rings. The Balaban J connectivity index is 2.85. The predicted octanol–water partition coefficient (Wildman–Crippen LogP) is 6.00. The maximum Gasteiger partial charge on any atom is 0.192 e. The fourth-order valence-electron chi connectivity index (χ4n) is 2.70. The van der Waals surface area contributed by atoms with E-state index in [2.05, 4.69) is 66.1 Å². The van der Waals surface area contributed by atoms with Gasteiger partial charge in [-0.1, -0.05) is 58.6 Å². The molecule has 1 aliphatic rings. The third kappa shape index (κ3) is 4.85. The lowest BCUT2D eigenvalue weighted by Crippen LogP contribution is -2.46. The Morgan fingerprint density at radius 2 is 1.65 bits per heavy atom. The van der Waals surface area contributed by atoms with Crippen LogP contribution in [0.1, 0.15) is 47.0 Å². The fourth-order valence-corrected chi connectivity index (χ4v) is 5.65. The highest BCUT2D eigenvalue weighted by molar-refractivity contribution is 6.81. The second kappa shape index (κ2) is 6.09. The van der Waals surface area contributed by atoms with Crippen molar-refractivity contribution in [2.75, 3.05) is 0 Å². The van der Waals surface area contributed by atoms with Crippen LogP contribution < -0.4 is 0 Å². The molecule has 1 rings (SSSR count). The normalized spacial score (nSPS) is 27.9. The van der Waals surface area contributed by atoms with Gasteiger partial charge in [0.25, 0.3) is 0 Å². The van der Waals surface area contributed by atoms with Crippen molar-refractivity contribution in [3.8, 4) is 0 Å². The number of hydrogen-bond acceptors (Lipinski definition) is 1. The second-order valence-electron chi connectivity index (χ2n) is 9.18. The van der Waals surface area contributed by atoms with Crippen LogP contribution in [0.2, 0.25) is 37.8 Å². The van der Waals surface area contributed by atoms with E-state index in [9.17, 15) is 0 Å². The van der Waals surface area contributed by atoms with E-state index in [1.807, 2.05) is 0 Å². The molecular formula is C17H36OSi2. The summed E-state index contributed by atoms with van der Waals surface area (Å²) in [5, 5.41) is 0.312. The minimum atomic E-state index is -1.64. The van der Waals surface area contributed by atoms with Crippen LogP contribution in [0, 0.1) is 5.92 Å². The molecule has 0 aromatic carbocycles. The minimum Gasteiger partial charge on any atom is -0.413 e. The molecule has 0 saturated heterocycles. The van der Waals surface area contributed by atoms with E-state index in [4.69, 9.17) is 4.43 Å². The quantitative estimate of drug-likeness (QED) is 0.581. The highest BCUT2D eigenvalue weighted by atomic mass is 28.4. The molecule has 0 spiro atoms. The largest absolute Gasteiger partial charge is 0.413 e. The Hall–Kier alpha value is 0.134. The van der Waals surface area contributed by atoms with Crippen LogP contribution in [0.5, 0.6) is 0 Å². The summed E-state index contributed by atoms with van der Waals surface area (Å²) < 4.78 is 6.71. The van der Waals surface area contributed by atoms with Crippen molar-refractivity contribution in [2.45, 2.75) is 90.8 Å². The first-order chi connectivity index (χ1) is 8.83. The maximum absolute atomic E-state index is 6.71. The Bertz CT molecular complexity index is 358. The Morgan fingerprint density at radius 3 is 2.10 bits per heavy atom. The average molecular weight is 313 g/mol. The summed E-state index contributed by atoms with van der Waals surface area (Å²) in [5.41, 5.74) is 4.30. The van der Waals surface area contributed by atoms with Crippen molar-refractivity contribution in [3.63, 3.8) is 0 Å². The van der Waals surface area contributed by atoms with Crippen molar-refractivity contribution in [1.82, 2.24) is 0 Å². The van der Waals surface area contributed by atoms with Crippen LogP contribution in [-0.4, -0.2) is 22.5 Å². The summed E-state index contributed by atoms with van der Waals surface area (Å²) in [6.45, 7) is 21.5. The Kier molecular flexibility index (Phi) is 5.54. The first kappa shape index (κ1) is 18.2. The molecule has 0 amide bonds. The molecule has 0 aliphatic heterocycles. The van der Waals surface area contributed by atoms with Gasteiger partial charge in [0.15, 0.2) is 8.32 Å². The summed E-state index contributed by atoms with van der Waals surface area (Å²) >= 11 is 0. The number of rotatable bonds is 3. The average Bonchev–Trinajstić information content (AvgIpc) is 2.20. The molecule has 1 nitrogen and oxygen atoms in total. The highest BCUT2D eigenvalue weighted by Gasteiger charge is 2.41. The zero-order valence-corrected chi connectivity index (χ0v) is 17.3. The van der Waals surface area contributed by atoms with Gasteiger partial charge in [-0.05, 0) is 37.4 Å². The molecule has 1 saturated carbocycles. The van der Waals surface area contributed by atoms with E-state index in [1.165, 1.54) is 19.3 Å². The third-order valence-corrected chi connectivity index (χ3v) is 10.7. The molecule has 0 radical (unpaired) electrons. The van der Waals surface area contributed by atoms with Crippen molar-refractivity contribution in [3.05, 3.63) is 11.3 Å². The third-order valence-electron chi connectivity index (χ3n) is 4.97. The van der Waals surface area contributed by atoms with Crippen LogP contribution in [0.15, 0.2) is 11.3 Å². The predicted molar refractivity (Wildman–Crippen MR) is 96.5 cm³/mol. The van der Waals surface area contributed by atoms with E-state index in [0.717, 1.165) is 0 Å². The summed E-state index contributed by atoms with van der Waals surface area (Å²) in [6.07, 6.45) is 4.30. The first-order valence-corrected chi connectivity index (χ1v) is 14.7. The van der Waals surface area contributed by atoms with Gasteiger partial charge in [0.05, 0.1) is 14.2 Å². The van der Waals surface area contributed by atoms with E-state index >= 15 is 0 Å². The summed E-state index contributed by atoms with van der Waals surface area (Å²) in [5.74, 6) is 0.615. The van der Waals surface area contributed by atoms with Crippen LogP contribution in [-0.2, 0) is 4.43 Å². The van der Waals surface area contributed by atoms with Gasteiger partial charge in [-0.3, -0.25) is 0 Å². The van der Waals surface area contributed by atoms with Crippen LogP contribution >= 0.6 is 0 Å². The van der Waals surface area contributed by atoms with Gasteiger partial charge in [-0.15, -0.1) is 0 Å². The molecule has 20 heavy (non-hydrogen) atoms. The summed E-state index contributed by atoms with van der Waals surface area (Å²) in [7, 11) is -2.76. The maximum atomic E-state index is 6.71. The Labute approximate surface area is 129 Å². The van der Waals surface area contributed by atoms with E-state index in [0.29, 0.717) is 17.1 Å². The van der Waals surface area contributed by atoms with Crippen molar-refractivity contribution < 1.29 is 4.43 Å². The van der Waals surface area contributed by atoms with Gasteiger partial charge in [-0.25, -0.2) is 0 Å². The molecule has 0 bridgehead atoms.